The molecular formula is C25H26N8O. The van der Waals surface area contributed by atoms with E-state index < -0.39 is 0 Å². The number of amides is 1. The molecule has 1 spiro atoms. The molecule has 2 aliphatic heterocycles. The van der Waals surface area contributed by atoms with Crippen LogP contribution in [0.2, 0.25) is 0 Å². The van der Waals surface area contributed by atoms with E-state index in [0.717, 1.165) is 54.0 Å². The Labute approximate surface area is 197 Å². The van der Waals surface area contributed by atoms with E-state index in [0.29, 0.717) is 11.0 Å². The third-order valence-electron chi connectivity index (χ3n) is 6.89. The van der Waals surface area contributed by atoms with Crippen LogP contribution < -0.4 is 15.5 Å². The summed E-state index contributed by atoms with van der Waals surface area (Å²) >= 11 is 0. The van der Waals surface area contributed by atoms with Crippen LogP contribution in [0, 0.1) is 5.41 Å². The van der Waals surface area contributed by atoms with Crippen LogP contribution in [0.25, 0.3) is 22.0 Å². The number of carbonyl (C=O) groups is 1. The fourth-order valence-electron chi connectivity index (χ4n) is 4.94. The summed E-state index contributed by atoms with van der Waals surface area (Å²) in [5.41, 5.74) is 3.73. The summed E-state index contributed by atoms with van der Waals surface area (Å²) in [5.74, 6) is 0.873. The maximum atomic E-state index is 13.0. The van der Waals surface area contributed by atoms with Crippen molar-refractivity contribution < 1.29 is 4.79 Å². The van der Waals surface area contributed by atoms with Crippen molar-refractivity contribution in [2.45, 2.75) is 12.8 Å². The van der Waals surface area contributed by atoms with Crippen molar-refractivity contribution in [1.82, 2.24) is 30.0 Å². The summed E-state index contributed by atoms with van der Waals surface area (Å²) in [4.78, 5) is 28.6. The minimum Gasteiger partial charge on any atom is -0.355 e. The number of hydrogen-bond acceptors (Lipinski definition) is 7. The van der Waals surface area contributed by atoms with Gasteiger partial charge >= 0.3 is 0 Å². The number of hydrogen-bond donors (Lipinski definition) is 2. The van der Waals surface area contributed by atoms with Crippen molar-refractivity contribution in [3.05, 3.63) is 60.7 Å². The van der Waals surface area contributed by atoms with E-state index in [9.17, 15) is 4.79 Å². The van der Waals surface area contributed by atoms with Gasteiger partial charge in [-0.25, -0.2) is 15.0 Å². The molecule has 0 unspecified atom stereocenters. The second kappa shape index (κ2) is 8.18. The van der Waals surface area contributed by atoms with Crippen molar-refractivity contribution in [1.29, 1.82) is 0 Å². The molecule has 3 aromatic heterocycles. The highest BCUT2D eigenvalue weighted by atomic mass is 16.1. The number of rotatable bonds is 4. The standard InChI is InChI=1S/C25H26N8O/c1-32-14-20(13-29-32)17-2-3-19-12-28-24(30-21(19)10-17)31-23(34)18-4-7-27-22(11-18)33-15-25(16-33)5-8-26-9-6-25/h2-4,7,10-14,26H,5-6,8-9,15-16H2,1H3,(H,28,30,31,34). The monoisotopic (exact) mass is 454 g/mol. The number of piperidine rings is 1. The summed E-state index contributed by atoms with van der Waals surface area (Å²) < 4.78 is 1.76. The summed E-state index contributed by atoms with van der Waals surface area (Å²) in [6.45, 7) is 4.16. The summed E-state index contributed by atoms with van der Waals surface area (Å²) in [6.07, 6.45) is 9.59. The second-order valence-corrected chi connectivity index (χ2v) is 9.33. The molecule has 0 bridgehead atoms. The molecule has 2 N–H and O–H groups in total. The van der Waals surface area contributed by atoms with Crippen LogP contribution in [-0.2, 0) is 7.05 Å². The van der Waals surface area contributed by atoms with E-state index in [1.165, 1.54) is 12.8 Å². The van der Waals surface area contributed by atoms with Gasteiger partial charge in [0.15, 0.2) is 0 Å². The van der Waals surface area contributed by atoms with E-state index in [-0.39, 0.29) is 11.9 Å². The summed E-state index contributed by atoms with van der Waals surface area (Å²) in [6, 6.07) is 9.55. The number of pyridine rings is 1. The highest BCUT2D eigenvalue weighted by Crippen LogP contribution is 2.40. The van der Waals surface area contributed by atoms with Crippen LogP contribution in [0.5, 0.6) is 0 Å². The van der Waals surface area contributed by atoms with Gasteiger partial charge in [0.1, 0.15) is 5.82 Å². The molecule has 2 saturated heterocycles. The number of fused-ring (bicyclic) bond motifs is 1. The minimum absolute atomic E-state index is 0.247. The molecule has 0 aliphatic carbocycles. The molecule has 9 nitrogen and oxygen atoms in total. The first-order valence-electron chi connectivity index (χ1n) is 11.6. The smallest absolute Gasteiger partial charge is 0.258 e. The Morgan fingerprint density at radius 1 is 1.06 bits per heavy atom. The van der Waals surface area contributed by atoms with Gasteiger partial charge < -0.3 is 10.2 Å². The molecule has 34 heavy (non-hydrogen) atoms. The average Bonchev–Trinajstić information content (AvgIpc) is 3.29. The van der Waals surface area contributed by atoms with Gasteiger partial charge in [-0.2, -0.15) is 5.10 Å². The maximum Gasteiger partial charge on any atom is 0.258 e. The van der Waals surface area contributed by atoms with E-state index in [1.54, 1.807) is 23.1 Å². The topological polar surface area (TPSA) is 101 Å². The Morgan fingerprint density at radius 2 is 1.91 bits per heavy atom. The van der Waals surface area contributed by atoms with Crippen molar-refractivity contribution in [3.63, 3.8) is 0 Å². The Kier molecular flexibility index (Phi) is 4.99. The number of anilines is 2. The van der Waals surface area contributed by atoms with Crippen LogP contribution in [0.1, 0.15) is 23.2 Å². The van der Waals surface area contributed by atoms with Crippen LogP contribution in [0.3, 0.4) is 0 Å². The Morgan fingerprint density at radius 3 is 2.71 bits per heavy atom. The molecule has 9 heteroatoms. The van der Waals surface area contributed by atoms with Crippen molar-refractivity contribution in [2.24, 2.45) is 12.5 Å². The van der Waals surface area contributed by atoms with Crippen molar-refractivity contribution >= 4 is 28.6 Å². The number of benzene rings is 1. The Balaban J connectivity index is 1.18. The normalized spacial score (nSPS) is 17.0. The number of carbonyl (C=O) groups excluding carboxylic acids is 1. The fourth-order valence-corrected chi connectivity index (χ4v) is 4.94. The molecule has 0 saturated carbocycles. The zero-order valence-corrected chi connectivity index (χ0v) is 19.0. The van der Waals surface area contributed by atoms with Crippen LogP contribution in [-0.4, -0.2) is 56.8 Å². The van der Waals surface area contributed by atoms with Crippen molar-refractivity contribution in [2.75, 3.05) is 36.4 Å². The Bertz CT molecular complexity index is 1370. The third kappa shape index (κ3) is 3.88. The number of aromatic nitrogens is 5. The molecule has 2 fully saturated rings. The lowest BCUT2D eigenvalue weighted by Gasteiger charge is -2.53. The molecule has 5 heterocycles. The van der Waals surface area contributed by atoms with Gasteiger partial charge in [0, 0.05) is 60.7 Å². The van der Waals surface area contributed by atoms with Gasteiger partial charge in [-0.15, -0.1) is 0 Å². The first-order chi connectivity index (χ1) is 16.6. The molecular weight excluding hydrogens is 428 g/mol. The number of nitrogens with zero attached hydrogens (tertiary/aromatic N) is 6. The molecule has 6 rings (SSSR count). The fraction of sp³-hybridized carbons (Fsp3) is 0.320. The van der Waals surface area contributed by atoms with E-state index in [1.807, 2.05) is 43.7 Å². The van der Waals surface area contributed by atoms with Gasteiger partial charge in [-0.1, -0.05) is 12.1 Å². The second-order valence-electron chi connectivity index (χ2n) is 9.33. The SMILES string of the molecule is Cn1cc(-c2ccc3cnc(NC(=O)c4ccnc(N5CC6(CCNCC6)C5)c4)nc3c2)cn1. The number of aryl methyl sites for hydroxylation is 1. The first-order valence-corrected chi connectivity index (χ1v) is 11.6. The zero-order chi connectivity index (χ0) is 23.1. The van der Waals surface area contributed by atoms with Gasteiger partial charge in [0.2, 0.25) is 5.95 Å². The molecule has 0 radical (unpaired) electrons. The van der Waals surface area contributed by atoms with Crippen LogP contribution >= 0.6 is 0 Å². The highest BCUT2D eigenvalue weighted by molar-refractivity contribution is 6.04. The zero-order valence-electron chi connectivity index (χ0n) is 19.0. The van der Waals surface area contributed by atoms with Gasteiger partial charge in [0.05, 0.1) is 11.7 Å². The molecule has 172 valence electrons. The maximum absolute atomic E-state index is 13.0. The van der Waals surface area contributed by atoms with Gasteiger partial charge in [0.25, 0.3) is 5.91 Å². The average molecular weight is 455 g/mol. The minimum atomic E-state index is -0.247. The first kappa shape index (κ1) is 20.7. The summed E-state index contributed by atoms with van der Waals surface area (Å²) in [7, 11) is 1.89. The molecule has 1 aromatic carbocycles. The van der Waals surface area contributed by atoms with E-state index in [2.05, 4.69) is 35.6 Å². The predicted molar refractivity (Wildman–Crippen MR) is 131 cm³/mol. The predicted octanol–water partition coefficient (Wildman–Crippen LogP) is 2.87. The highest BCUT2D eigenvalue weighted by Gasteiger charge is 2.43. The Hall–Kier alpha value is -3.85. The number of nitrogens with one attached hydrogen (secondary N) is 2. The molecule has 4 aromatic rings. The quantitative estimate of drug-likeness (QED) is 0.489. The largest absolute Gasteiger partial charge is 0.355 e. The summed E-state index contributed by atoms with van der Waals surface area (Å²) in [5, 5.41) is 11.4. The van der Waals surface area contributed by atoms with Gasteiger partial charge in [-0.3, -0.25) is 14.8 Å². The van der Waals surface area contributed by atoms with Gasteiger partial charge in [-0.05, 0) is 49.7 Å². The lowest BCUT2D eigenvalue weighted by Crippen LogP contribution is -2.60. The van der Waals surface area contributed by atoms with E-state index >= 15 is 0 Å². The lowest BCUT2D eigenvalue weighted by molar-refractivity contribution is 0.102. The lowest BCUT2D eigenvalue weighted by atomic mass is 9.72. The molecule has 0 atom stereocenters. The van der Waals surface area contributed by atoms with E-state index in [4.69, 9.17) is 0 Å². The van der Waals surface area contributed by atoms with Crippen LogP contribution in [0.15, 0.2) is 55.1 Å². The third-order valence-corrected chi connectivity index (χ3v) is 6.89. The van der Waals surface area contributed by atoms with Crippen molar-refractivity contribution in [3.8, 4) is 11.1 Å². The van der Waals surface area contributed by atoms with Crippen LogP contribution in [0.4, 0.5) is 11.8 Å². The molecule has 2 aliphatic rings. The molecule has 1 amide bonds.